The topological polar surface area (TPSA) is 109 Å². The maximum absolute atomic E-state index is 13.2. The summed E-state index contributed by atoms with van der Waals surface area (Å²) < 4.78 is 45.8. The maximum atomic E-state index is 13.2. The van der Waals surface area contributed by atoms with Crippen LogP contribution in [0.15, 0.2) is 58.4 Å². The fourth-order valence-electron chi connectivity index (χ4n) is 3.58. The van der Waals surface area contributed by atoms with Gasteiger partial charge in [-0.1, -0.05) is 0 Å². The number of aromatic amines is 1. The van der Waals surface area contributed by atoms with Gasteiger partial charge in [0.05, 0.1) is 16.7 Å². The van der Waals surface area contributed by atoms with Gasteiger partial charge in [0.1, 0.15) is 11.4 Å². The molecule has 1 aromatic heterocycles. The molecule has 1 fully saturated rings. The Labute approximate surface area is 184 Å². The zero-order valence-corrected chi connectivity index (χ0v) is 18.1. The molecule has 2 aromatic carbocycles. The first-order valence-electron chi connectivity index (χ1n) is 10.1. The average Bonchev–Trinajstić information content (AvgIpc) is 3.31. The first-order valence-corrected chi connectivity index (χ1v) is 11.5. The highest BCUT2D eigenvalue weighted by Gasteiger charge is 2.23. The van der Waals surface area contributed by atoms with Crippen LogP contribution in [-0.2, 0) is 14.8 Å². The second-order valence-corrected chi connectivity index (χ2v) is 9.50. The standard InChI is InChI=1S/C22H22FN3O5S/c1-26(15-6-4-14(23)5-7-15)32(29,30)17-8-9-20-18(11-17)21(27)19(13-24-20)22(28)25-12-16-3-2-10-31-16/h4-9,11,13,16H,2-3,10,12H2,1H3,(H,24,27)(H,25,28). The van der Waals surface area contributed by atoms with Crippen molar-refractivity contribution in [2.45, 2.75) is 23.8 Å². The Morgan fingerprint density at radius 2 is 2.00 bits per heavy atom. The molecule has 1 atom stereocenters. The van der Waals surface area contributed by atoms with Gasteiger partial charge in [0.2, 0.25) is 5.43 Å². The second kappa shape index (κ2) is 8.71. The Morgan fingerprint density at radius 1 is 1.25 bits per heavy atom. The van der Waals surface area contributed by atoms with E-state index in [1.807, 2.05) is 0 Å². The summed E-state index contributed by atoms with van der Waals surface area (Å²) in [7, 11) is -2.69. The number of anilines is 1. The molecule has 32 heavy (non-hydrogen) atoms. The lowest BCUT2D eigenvalue weighted by Crippen LogP contribution is -2.34. The van der Waals surface area contributed by atoms with Crippen LogP contribution >= 0.6 is 0 Å². The number of carbonyl (C=O) groups is 1. The van der Waals surface area contributed by atoms with E-state index in [0.29, 0.717) is 18.7 Å². The molecular formula is C22H22FN3O5S. The monoisotopic (exact) mass is 459 g/mol. The van der Waals surface area contributed by atoms with Crippen molar-refractivity contribution in [1.82, 2.24) is 10.3 Å². The molecule has 0 radical (unpaired) electrons. The zero-order chi connectivity index (χ0) is 22.9. The molecule has 4 rings (SSSR count). The third-order valence-corrected chi connectivity index (χ3v) is 7.24. The van der Waals surface area contributed by atoms with Crippen LogP contribution in [0.3, 0.4) is 0 Å². The number of hydrogen-bond donors (Lipinski definition) is 2. The van der Waals surface area contributed by atoms with Crippen molar-refractivity contribution in [1.29, 1.82) is 0 Å². The second-order valence-electron chi connectivity index (χ2n) is 7.53. The van der Waals surface area contributed by atoms with Gasteiger partial charge in [-0.3, -0.25) is 13.9 Å². The molecule has 0 spiro atoms. The number of pyridine rings is 1. The fraction of sp³-hybridized carbons (Fsp3) is 0.273. The number of ether oxygens (including phenoxy) is 1. The molecule has 8 nitrogen and oxygen atoms in total. The molecule has 3 aromatic rings. The highest BCUT2D eigenvalue weighted by molar-refractivity contribution is 7.92. The van der Waals surface area contributed by atoms with Crippen LogP contribution in [0.5, 0.6) is 0 Å². The number of carbonyl (C=O) groups excluding carboxylic acids is 1. The maximum Gasteiger partial charge on any atom is 0.264 e. The van der Waals surface area contributed by atoms with Gasteiger partial charge in [0.15, 0.2) is 0 Å². The summed E-state index contributed by atoms with van der Waals surface area (Å²) in [5.41, 5.74) is -0.0289. The highest BCUT2D eigenvalue weighted by Crippen LogP contribution is 2.24. The largest absolute Gasteiger partial charge is 0.376 e. The summed E-state index contributed by atoms with van der Waals surface area (Å²) in [5.74, 6) is -1.04. The molecule has 0 aliphatic carbocycles. The summed E-state index contributed by atoms with van der Waals surface area (Å²) in [6, 6.07) is 9.08. The summed E-state index contributed by atoms with van der Waals surface area (Å²) in [5, 5.41) is 2.77. The molecule has 0 bridgehead atoms. The minimum absolute atomic E-state index is 0.0720. The van der Waals surface area contributed by atoms with Crippen LogP contribution in [0.25, 0.3) is 10.9 Å². The average molecular weight is 459 g/mol. The predicted octanol–water partition coefficient (Wildman–Crippen LogP) is 2.40. The molecule has 168 valence electrons. The zero-order valence-electron chi connectivity index (χ0n) is 17.3. The number of aromatic nitrogens is 1. The van der Waals surface area contributed by atoms with E-state index in [1.54, 1.807) is 0 Å². The van der Waals surface area contributed by atoms with E-state index in [0.717, 1.165) is 29.3 Å². The van der Waals surface area contributed by atoms with Crippen molar-refractivity contribution in [2.24, 2.45) is 0 Å². The lowest BCUT2D eigenvalue weighted by Gasteiger charge is -2.19. The molecule has 10 heteroatoms. The van der Waals surface area contributed by atoms with E-state index >= 15 is 0 Å². The number of sulfonamides is 1. The van der Waals surface area contributed by atoms with Crippen LogP contribution in [0.4, 0.5) is 10.1 Å². The van der Waals surface area contributed by atoms with Crippen molar-refractivity contribution >= 4 is 32.5 Å². The third kappa shape index (κ3) is 4.23. The summed E-state index contributed by atoms with van der Waals surface area (Å²) in [4.78, 5) is 28.2. The predicted molar refractivity (Wildman–Crippen MR) is 118 cm³/mol. The van der Waals surface area contributed by atoms with Crippen LogP contribution in [0.2, 0.25) is 0 Å². The Balaban J connectivity index is 1.65. The van der Waals surface area contributed by atoms with Gasteiger partial charge in [-0.15, -0.1) is 0 Å². The summed E-state index contributed by atoms with van der Waals surface area (Å²) in [6.45, 7) is 0.952. The Bertz CT molecular complexity index is 1320. The molecule has 2 heterocycles. The van der Waals surface area contributed by atoms with Gasteiger partial charge < -0.3 is 15.0 Å². The van der Waals surface area contributed by atoms with Crippen LogP contribution in [0.1, 0.15) is 23.2 Å². The number of halogens is 1. The van der Waals surface area contributed by atoms with Crippen LogP contribution < -0.4 is 15.1 Å². The van der Waals surface area contributed by atoms with Gasteiger partial charge in [-0.05, 0) is 55.3 Å². The van der Waals surface area contributed by atoms with Crippen molar-refractivity contribution in [3.05, 3.63) is 70.3 Å². The normalized spacial score (nSPS) is 16.2. The molecule has 1 unspecified atom stereocenters. The first kappa shape index (κ1) is 22.0. The van der Waals surface area contributed by atoms with E-state index in [1.165, 1.54) is 43.6 Å². The van der Waals surface area contributed by atoms with E-state index in [9.17, 15) is 22.4 Å². The first-order chi connectivity index (χ1) is 15.3. The highest BCUT2D eigenvalue weighted by atomic mass is 32.2. The number of amides is 1. The smallest absolute Gasteiger partial charge is 0.264 e. The SMILES string of the molecule is CN(c1ccc(F)cc1)S(=O)(=O)c1ccc2[nH]cc(C(=O)NCC3CCCO3)c(=O)c2c1. The molecule has 1 saturated heterocycles. The van der Waals surface area contributed by atoms with Crippen molar-refractivity contribution in [3.8, 4) is 0 Å². The molecule has 0 saturated carbocycles. The minimum atomic E-state index is -4.03. The van der Waals surface area contributed by atoms with Gasteiger partial charge in [0, 0.05) is 37.3 Å². The minimum Gasteiger partial charge on any atom is -0.376 e. The molecule has 1 aliphatic rings. The summed E-state index contributed by atoms with van der Waals surface area (Å²) in [6.07, 6.45) is 3.02. The number of nitrogens with one attached hydrogen (secondary N) is 2. The fourth-order valence-corrected chi connectivity index (χ4v) is 4.80. The molecule has 1 amide bonds. The van der Waals surface area contributed by atoms with E-state index in [2.05, 4.69) is 10.3 Å². The van der Waals surface area contributed by atoms with Gasteiger partial charge in [-0.25, -0.2) is 12.8 Å². The number of fused-ring (bicyclic) bond motifs is 1. The quantitative estimate of drug-likeness (QED) is 0.589. The van der Waals surface area contributed by atoms with Gasteiger partial charge in [-0.2, -0.15) is 0 Å². The van der Waals surface area contributed by atoms with E-state index < -0.39 is 27.2 Å². The molecular weight excluding hydrogens is 437 g/mol. The number of hydrogen-bond acceptors (Lipinski definition) is 5. The number of nitrogens with zero attached hydrogens (tertiary/aromatic N) is 1. The number of benzene rings is 2. The van der Waals surface area contributed by atoms with Crippen LogP contribution in [0, 0.1) is 5.82 Å². The van der Waals surface area contributed by atoms with Crippen LogP contribution in [-0.4, -0.2) is 45.6 Å². The lowest BCUT2D eigenvalue weighted by atomic mass is 10.1. The summed E-state index contributed by atoms with van der Waals surface area (Å²) >= 11 is 0. The van der Waals surface area contributed by atoms with Gasteiger partial charge in [0.25, 0.3) is 15.9 Å². The van der Waals surface area contributed by atoms with Gasteiger partial charge >= 0.3 is 0 Å². The molecule has 2 N–H and O–H groups in total. The Kier molecular flexibility index (Phi) is 5.98. The van der Waals surface area contributed by atoms with Crippen molar-refractivity contribution in [3.63, 3.8) is 0 Å². The van der Waals surface area contributed by atoms with E-state index in [4.69, 9.17) is 4.74 Å². The Morgan fingerprint density at radius 3 is 2.69 bits per heavy atom. The Hall–Kier alpha value is -3.24. The van der Waals surface area contributed by atoms with E-state index in [-0.39, 0.29) is 27.6 Å². The third-order valence-electron chi connectivity index (χ3n) is 5.46. The molecule has 1 aliphatic heterocycles. The van der Waals surface area contributed by atoms with Crippen molar-refractivity contribution < 1.29 is 22.3 Å². The van der Waals surface area contributed by atoms with Crippen molar-refractivity contribution in [2.75, 3.05) is 24.5 Å². The number of H-pyrrole nitrogens is 1. The number of rotatable bonds is 6. The lowest BCUT2D eigenvalue weighted by molar-refractivity contribution is 0.0857.